The number of halogens is 1. The predicted octanol–water partition coefficient (Wildman–Crippen LogP) is 5.07. The first-order chi connectivity index (χ1) is 18.1. The maximum absolute atomic E-state index is 13.8. The van der Waals surface area contributed by atoms with Crippen LogP contribution in [0.25, 0.3) is 0 Å². The molecule has 5 nitrogen and oxygen atoms in total. The minimum atomic E-state index is -0.787. The van der Waals surface area contributed by atoms with Gasteiger partial charge in [-0.05, 0) is 22.3 Å². The molecule has 2 aliphatic rings. The molecule has 0 unspecified atom stereocenters. The third-order valence-electron chi connectivity index (χ3n) is 6.78. The number of fused-ring (bicyclic) bond motifs is 1. The van der Waals surface area contributed by atoms with Crippen LogP contribution in [-0.2, 0) is 19.9 Å². The van der Waals surface area contributed by atoms with Gasteiger partial charge in [-0.25, -0.2) is 4.79 Å². The molecule has 1 amide bonds. The Hall–Kier alpha value is -3.32. The molecule has 0 saturated carbocycles. The second-order valence-corrected chi connectivity index (χ2v) is 10.2. The zero-order valence-electron chi connectivity index (χ0n) is 20.3. The van der Waals surface area contributed by atoms with Gasteiger partial charge >= 0.3 is 5.97 Å². The molecule has 1 saturated heterocycles. The number of ether oxygens (including phenoxy) is 1. The summed E-state index contributed by atoms with van der Waals surface area (Å²) in [6, 6.07) is 30.0. The number of allylic oxidation sites excluding steroid dienone is 2. The summed E-state index contributed by atoms with van der Waals surface area (Å²) in [4.78, 5) is 28.1. The van der Waals surface area contributed by atoms with Crippen LogP contribution in [0.4, 0.5) is 0 Å². The minimum Gasteiger partial charge on any atom is -0.464 e. The van der Waals surface area contributed by atoms with Crippen molar-refractivity contribution < 1.29 is 14.3 Å². The fourth-order valence-electron chi connectivity index (χ4n) is 5.09. The smallest absolute Gasteiger partial charge is 0.355 e. The van der Waals surface area contributed by atoms with Crippen LogP contribution in [0.2, 0.25) is 0 Å². The molecule has 0 radical (unpaired) electrons. The van der Waals surface area contributed by atoms with Gasteiger partial charge in [-0.1, -0.05) is 103 Å². The number of esters is 1. The van der Waals surface area contributed by atoms with E-state index >= 15 is 0 Å². The summed E-state index contributed by atoms with van der Waals surface area (Å²) in [6.07, 6.45) is 3.57. The van der Waals surface area contributed by atoms with Gasteiger partial charge in [0.25, 0.3) is 0 Å². The minimum absolute atomic E-state index is 0.165. The molecule has 1 N–H and O–H groups in total. The van der Waals surface area contributed by atoms with E-state index in [9.17, 15) is 9.59 Å². The summed E-state index contributed by atoms with van der Waals surface area (Å²) in [5, 5.41) is 3.52. The van der Waals surface area contributed by atoms with Crippen molar-refractivity contribution in [2.24, 2.45) is 0 Å². The Bertz CT molecular complexity index is 1230. The van der Waals surface area contributed by atoms with Gasteiger partial charge in [0, 0.05) is 11.6 Å². The quantitative estimate of drug-likeness (QED) is 0.191. The summed E-state index contributed by atoms with van der Waals surface area (Å²) in [5.41, 5.74) is 3.31. The van der Waals surface area contributed by atoms with Crippen molar-refractivity contribution in [3.05, 3.63) is 131 Å². The highest BCUT2D eigenvalue weighted by atomic mass is 35.5. The van der Waals surface area contributed by atoms with Crippen molar-refractivity contribution in [2.75, 3.05) is 18.7 Å². The summed E-state index contributed by atoms with van der Waals surface area (Å²) in [6.45, 7) is 0. The largest absolute Gasteiger partial charge is 0.464 e. The Balaban J connectivity index is 1.61. The molecule has 0 aliphatic carbocycles. The summed E-state index contributed by atoms with van der Waals surface area (Å²) in [5.74, 6) is 0.200. The molecule has 0 spiro atoms. The molecule has 3 aromatic carbocycles. The first-order valence-corrected chi connectivity index (χ1v) is 13.6. The van der Waals surface area contributed by atoms with Gasteiger partial charge in [-0.2, -0.15) is 0 Å². The lowest BCUT2D eigenvalue weighted by molar-refractivity contribution is -0.151. The van der Waals surface area contributed by atoms with Crippen molar-refractivity contribution in [1.29, 1.82) is 0 Å². The molecule has 2 atom stereocenters. The number of benzene rings is 3. The van der Waals surface area contributed by atoms with E-state index in [0.29, 0.717) is 17.3 Å². The van der Waals surface area contributed by atoms with Crippen LogP contribution in [0.5, 0.6) is 0 Å². The van der Waals surface area contributed by atoms with Gasteiger partial charge in [-0.15, -0.1) is 23.4 Å². The number of methoxy groups -OCH3 is 1. The number of β-lactam (4-membered cyclic amide) rings is 1. The molecule has 0 bridgehead atoms. The lowest BCUT2D eigenvalue weighted by atomic mass is 9.76. The lowest BCUT2D eigenvalue weighted by Gasteiger charge is -2.53. The molecule has 2 heterocycles. The number of alkyl halides is 1. The zero-order chi connectivity index (χ0) is 25.8. The topological polar surface area (TPSA) is 58.6 Å². The van der Waals surface area contributed by atoms with Crippen molar-refractivity contribution in [3.8, 4) is 0 Å². The normalized spacial score (nSPS) is 19.5. The highest BCUT2D eigenvalue weighted by molar-refractivity contribution is 8.00. The number of amides is 1. The number of carbonyl (C=O) groups is 2. The van der Waals surface area contributed by atoms with Crippen LogP contribution >= 0.6 is 23.4 Å². The lowest BCUT2D eigenvalue weighted by Crippen LogP contribution is -2.72. The molecular formula is C30H27ClN2O3S. The average molecular weight is 531 g/mol. The number of hydrogen-bond donors (Lipinski definition) is 1. The molecule has 5 rings (SSSR count). The highest BCUT2D eigenvalue weighted by Crippen LogP contribution is 2.45. The van der Waals surface area contributed by atoms with E-state index in [2.05, 4.69) is 41.7 Å². The van der Waals surface area contributed by atoms with Crippen LogP contribution in [0.15, 0.2) is 114 Å². The number of nitrogens with one attached hydrogen (secondary N) is 1. The molecule has 1 fully saturated rings. The third kappa shape index (κ3) is 4.50. The number of nitrogens with zero attached hydrogens (tertiary/aromatic N) is 1. The van der Waals surface area contributed by atoms with Gasteiger partial charge in [0.1, 0.15) is 17.1 Å². The second-order valence-electron chi connectivity index (χ2n) is 8.80. The molecule has 37 heavy (non-hydrogen) atoms. The fourth-order valence-corrected chi connectivity index (χ4v) is 6.50. The highest BCUT2D eigenvalue weighted by Gasteiger charge is 2.56. The van der Waals surface area contributed by atoms with Crippen molar-refractivity contribution in [3.63, 3.8) is 0 Å². The summed E-state index contributed by atoms with van der Waals surface area (Å²) >= 11 is 7.46. The monoisotopic (exact) mass is 530 g/mol. The maximum atomic E-state index is 13.8. The number of rotatable bonds is 8. The van der Waals surface area contributed by atoms with E-state index < -0.39 is 17.6 Å². The van der Waals surface area contributed by atoms with Crippen LogP contribution in [-0.4, -0.2) is 46.9 Å². The molecule has 7 heteroatoms. The Labute approximate surface area is 226 Å². The Kier molecular flexibility index (Phi) is 7.51. The van der Waals surface area contributed by atoms with Gasteiger partial charge in [0.05, 0.1) is 12.6 Å². The van der Waals surface area contributed by atoms with E-state index in [1.54, 1.807) is 28.8 Å². The van der Waals surface area contributed by atoms with E-state index in [1.165, 1.54) is 7.11 Å². The fraction of sp³-hybridized carbons (Fsp3) is 0.200. The van der Waals surface area contributed by atoms with Gasteiger partial charge < -0.3 is 4.74 Å². The summed E-state index contributed by atoms with van der Waals surface area (Å²) in [7, 11) is 1.33. The van der Waals surface area contributed by atoms with Crippen LogP contribution in [0, 0.1) is 0 Å². The van der Waals surface area contributed by atoms with Gasteiger partial charge in [0.2, 0.25) is 5.91 Å². The molecule has 2 aliphatic heterocycles. The van der Waals surface area contributed by atoms with Gasteiger partial charge in [-0.3, -0.25) is 15.0 Å². The molecule has 0 aromatic heterocycles. The Morgan fingerprint density at radius 3 is 1.97 bits per heavy atom. The van der Waals surface area contributed by atoms with E-state index in [-0.39, 0.29) is 11.3 Å². The van der Waals surface area contributed by atoms with E-state index in [4.69, 9.17) is 16.3 Å². The van der Waals surface area contributed by atoms with Crippen molar-refractivity contribution in [1.82, 2.24) is 10.2 Å². The first kappa shape index (κ1) is 25.3. The number of carbonyl (C=O) groups excluding carboxylic acids is 2. The Morgan fingerprint density at radius 2 is 1.51 bits per heavy atom. The second kappa shape index (κ2) is 11.0. The standard InChI is InChI=1S/C30H27ClN2O3S/c1-36-29(35)26-21(12-11-19-31)20-37-28-25(27(34)33(26)28)32-30(22-13-5-2-6-14-22,23-15-7-3-8-16-23)24-17-9-4-10-18-24/h2-18,25,28,32H,19-20H2,1H3/t25-,28+/m1/s1. The zero-order valence-corrected chi connectivity index (χ0v) is 21.9. The molecule has 3 aromatic rings. The van der Waals surface area contributed by atoms with E-state index in [1.807, 2.05) is 54.6 Å². The van der Waals surface area contributed by atoms with Crippen LogP contribution < -0.4 is 5.32 Å². The Morgan fingerprint density at radius 1 is 1.00 bits per heavy atom. The van der Waals surface area contributed by atoms with Crippen LogP contribution in [0.1, 0.15) is 16.7 Å². The van der Waals surface area contributed by atoms with Crippen molar-refractivity contribution >= 4 is 35.2 Å². The van der Waals surface area contributed by atoms with Gasteiger partial charge in [0.15, 0.2) is 0 Å². The molecule has 188 valence electrons. The predicted molar refractivity (Wildman–Crippen MR) is 148 cm³/mol. The number of hydrogen-bond acceptors (Lipinski definition) is 5. The number of thioether (sulfide) groups is 1. The summed E-state index contributed by atoms with van der Waals surface area (Å²) < 4.78 is 5.06. The first-order valence-electron chi connectivity index (χ1n) is 12.0. The third-order valence-corrected chi connectivity index (χ3v) is 8.26. The SMILES string of the molecule is COC(=O)C1=C(C=CCCl)CS[C@H]2[C@H](NC(c3ccccc3)(c3ccccc3)c3ccccc3)C(=O)N12. The van der Waals surface area contributed by atoms with Crippen LogP contribution in [0.3, 0.4) is 0 Å². The van der Waals surface area contributed by atoms with E-state index in [0.717, 1.165) is 22.3 Å². The molecular weight excluding hydrogens is 504 g/mol. The average Bonchev–Trinajstić information content (AvgIpc) is 2.97. The maximum Gasteiger partial charge on any atom is 0.355 e. The van der Waals surface area contributed by atoms with Crippen molar-refractivity contribution in [2.45, 2.75) is 17.0 Å².